The van der Waals surface area contributed by atoms with Crippen LogP contribution in [0.5, 0.6) is 0 Å². The third-order valence-electron chi connectivity index (χ3n) is 3.62. The van der Waals surface area contributed by atoms with Gasteiger partial charge in [-0.1, -0.05) is 6.92 Å². The van der Waals surface area contributed by atoms with E-state index in [1.54, 1.807) is 0 Å². The number of nitrogens with one attached hydrogen (secondary N) is 1. The monoisotopic (exact) mass is 280 g/mol. The molecule has 1 aromatic rings. The number of hydrogen-bond acceptors (Lipinski definition) is 2. The number of piperidine rings is 1. The Morgan fingerprint density at radius 3 is 2.53 bits per heavy atom. The summed E-state index contributed by atoms with van der Waals surface area (Å²) in [4.78, 5) is 13.8. The molecule has 104 valence electrons. The molecule has 0 unspecified atom stereocenters. The fourth-order valence-electron chi connectivity index (χ4n) is 2.33. The van der Waals surface area contributed by atoms with E-state index in [1.807, 2.05) is 12.1 Å². The number of carbonyl (C=O) groups excluding carboxylic acids is 1. The minimum absolute atomic E-state index is 0.0328. The fraction of sp³-hybridized carbons (Fsp3) is 0.533. The van der Waals surface area contributed by atoms with Crippen LogP contribution in [0.1, 0.15) is 26.2 Å². The Bertz CT molecular complexity index is 411. The number of rotatable bonds is 4. The molecule has 3 nitrogen and oxygen atoms in total. The van der Waals surface area contributed by atoms with Crippen LogP contribution in [0.2, 0.25) is 0 Å². The zero-order valence-corrected chi connectivity index (χ0v) is 12.1. The molecule has 1 heterocycles. The van der Waals surface area contributed by atoms with Crippen molar-refractivity contribution in [3.8, 4) is 0 Å². The number of hydrogen-bond donors (Lipinski definition) is 1. The molecule has 1 amide bonds. The highest BCUT2D eigenvalue weighted by Crippen LogP contribution is 2.24. The van der Waals surface area contributed by atoms with Gasteiger partial charge in [0.15, 0.2) is 0 Å². The summed E-state index contributed by atoms with van der Waals surface area (Å²) in [5, 5.41) is 2.84. The lowest BCUT2D eigenvalue weighted by Crippen LogP contribution is -2.32. The van der Waals surface area contributed by atoms with E-state index in [0.717, 1.165) is 24.7 Å². The van der Waals surface area contributed by atoms with Gasteiger partial charge in [0.25, 0.3) is 0 Å². The Morgan fingerprint density at radius 2 is 1.95 bits per heavy atom. The summed E-state index contributed by atoms with van der Waals surface area (Å²) in [5.41, 5.74) is 2.08. The predicted octanol–water partition coefficient (Wildman–Crippen LogP) is 3.49. The summed E-state index contributed by atoms with van der Waals surface area (Å²) in [5.74, 6) is 1.16. The Balaban J connectivity index is 1.92. The summed E-state index contributed by atoms with van der Waals surface area (Å²) in [6.45, 7) is 4.56. The molecule has 2 rings (SSSR count). The first-order valence-electron chi connectivity index (χ1n) is 6.90. The highest BCUT2D eigenvalue weighted by Gasteiger charge is 2.15. The van der Waals surface area contributed by atoms with E-state index in [0.29, 0.717) is 12.3 Å². The number of carbonyl (C=O) groups is 1. The summed E-state index contributed by atoms with van der Waals surface area (Å²) in [6, 6.07) is 8.07. The van der Waals surface area contributed by atoms with Gasteiger partial charge in [0.1, 0.15) is 0 Å². The first kappa shape index (κ1) is 14.2. The molecule has 0 spiro atoms. The van der Waals surface area contributed by atoms with Gasteiger partial charge in [0, 0.05) is 36.8 Å². The maximum absolute atomic E-state index is 11.4. The molecule has 1 aliphatic rings. The van der Waals surface area contributed by atoms with Crippen molar-refractivity contribution in [1.82, 2.24) is 0 Å². The van der Waals surface area contributed by atoms with Crippen molar-refractivity contribution < 1.29 is 4.79 Å². The zero-order chi connectivity index (χ0) is 13.7. The van der Waals surface area contributed by atoms with Crippen LogP contribution >= 0.6 is 11.6 Å². The number of halogens is 1. The lowest BCUT2D eigenvalue weighted by molar-refractivity contribution is -0.115. The van der Waals surface area contributed by atoms with Gasteiger partial charge >= 0.3 is 0 Å². The van der Waals surface area contributed by atoms with Crippen LogP contribution in [0, 0.1) is 5.92 Å². The third kappa shape index (κ3) is 4.13. The molecule has 1 fully saturated rings. The summed E-state index contributed by atoms with van der Waals surface area (Å²) in [6.07, 6.45) is 2.87. The van der Waals surface area contributed by atoms with Gasteiger partial charge in [-0.15, -0.1) is 11.6 Å². The first-order valence-corrected chi connectivity index (χ1v) is 7.43. The quantitative estimate of drug-likeness (QED) is 0.856. The van der Waals surface area contributed by atoms with Crippen LogP contribution in [-0.2, 0) is 4.79 Å². The normalized spacial score (nSPS) is 16.4. The van der Waals surface area contributed by atoms with Crippen molar-refractivity contribution in [2.24, 2.45) is 5.92 Å². The van der Waals surface area contributed by atoms with Crippen LogP contribution in [0.3, 0.4) is 0 Å². The smallest absolute Gasteiger partial charge is 0.225 e. The maximum atomic E-state index is 11.4. The highest BCUT2D eigenvalue weighted by atomic mass is 35.5. The van der Waals surface area contributed by atoms with Gasteiger partial charge < -0.3 is 10.2 Å². The van der Waals surface area contributed by atoms with E-state index in [9.17, 15) is 4.79 Å². The number of anilines is 2. The largest absolute Gasteiger partial charge is 0.372 e. The van der Waals surface area contributed by atoms with Crippen molar-refractivity contribution in [2.75, 3.05) is 29.2 Å². The minimum atomic E-state index is -0.0328. The Labute approximate surface area is 119 Å². The molecule has 19 heavy (non-hydrogen) atoms. The molecule has 1 saturated heterocycles. The van der Waals surface area contributed by atoms with Crippen LogP contribution < -0.4 is 10.2 Å². The molecule has 1 aromatic carbocycles. The molecular weight excluding hydrogens is 260 g/mol. The standard InChI is InChI=1S/C15H21ClN2O/c1-12-7-10-18(11-8-12)14-4-2-13(3-5-14)17-15(19)6-9-16/h2-5,12H,6-11H2,1H3,(H,17,19). The van der Waals surface area contributed by atoms with Gasteiger partial charge in [-0.3, -0.25) is 4.79 Å². The number of benzene rings is 1. The summed E-state index contributed by atoms with van der Waals surface area (Å²) in [7, 11) is 0. The molecule has 0 radical (unpaired) electrons. The molecule has 0 bridgehead atoms. The fourth-order valence-corrected chi connectivity index (χ4v) is 2.50. The minimum Gasteiger partial charge on any atom is -0.372 e. The van der Waals surface area contributed by atoms with Crippen LogP contribution in [0.25, 0.3) is 0 Å². The van der Waals surface area contributed by atoms with Gasteiger partial charge in [-0.25, -0.2) is 0 Å². The van der Waals surface area contributed by atoms with Crippen molar-refractivity contribution in [3.05, 3.63) is 24.3 Å². The van der Waals surface area contributed by atoms with Crippen LogP contribution in [0.15, 0.2) is 24.3 Å². The molecule has 1 aliphatic heterocycles. The number of amides is 1. The van der Waals surface area contributed by atoms with Crippen LogP contribution in [-0.4, -0.2) is 24.9 Å². The third-order valence-corrected chi connectivity index (χ3v) is 3.81. The SMILES string of the molecule is CC1CCN(c2ccc(NC(=O)CCCl)cc2)CC1. The number of alkyl halides is 1. The van der Waals surface area contributed by atoms with E-state index >= 15 is 0 Å². The van der Waals surface area contributed by atoms with E-state index in [1.165, 1.54) is 18.5 Å². The summed E-state index contributed by atoms with van der Waals surface area (Å²) < 4.78 is 0. The molecule has 0 aromatic heterocycles. The first-order chi connectivity index (χ1) is 9.19. The lowest BCUT2D eigenvalue weighted by atomic mass is 9.99. The second kappa shape index (κ2) is 6.80. The van der Waals surface area contributed by atoms with E-state index < -0.39 is 0 Å². The van der Waals surface area contributed by atoms with Crippen LogP contribution in [0.4, 0.5) is 11.4 Å². The predicted molar refractivity (Wildman–Crippen MR) is 81.0 cm³/mol. The van der Waals surface area contributed by atoms with E-state index in [4.69, 9.17) is 11.6 Å². The Kier molecular flexibility index (Phi) is 5.08. The highest BCUT2D eigenvalue weighted by molar-refractivity contribution is 6.19. The average molecular weight is 281 g/mol. The van der Waals surface area contributed by atoms with E-state index in [-0.39, 0.29) is 5.91 Å². The molecule has 1 N–H and O–H groups in total. The van der Waals surface area contributed by atoms with Crippen molar-refractivity contribution in [2.45, 2.75) is 26.2 Å². The van der Waals surface area contributed by atoms with Crippen molar-refractivity contribution in [3.63, 3.8) is 0 Å². The second-order valence-corrected chi connectivity index (χ2v) is 5.58. The molecule has 0 atom stereocenters. The topological polar surface area (TPSA) is 32.3 Å². The summed E-state index contributed by atoms with van der Waals surface area (Å²) >= 11 is 5.53. The molecule has 0 aliphatic carbocycles. The second-order valence-electron chi connectivity index (χ2n) is 5.20. The van der Waals surface area contributed by atoms with Gasteiger partial charge in [0.2, 0.25) is 5.91 Å². The van der Waals surface area contributed by atoms with Gasteiger partial charge in [-0.05, 0) is 43.0 Å². The lowest BCUT2D eigenvalue weighted by Gasteiger charge is -2.32. The van der Waals surface area contributed by atoms with Gasteiger partial charge in [0.05, 0.1) is 0 Å². The maximum Gasteiger partial charge on any atom is 0.225 e. The Morgan fingerprint density at radius 1 is 1.32 bits per heavy atom. The zero-order valence-electron chi connectivity index (χ0n) is 11.4. The molecule has 4 heteroatoms. The van der Waals surface area contributed by atoms with Crippen molar-refractivity contribution in [1.29, 1.82) is 0 Å². The average Bonchev–Trinajstić information content (AvgIpc) is 2.41. The molecule has 0 saturated carbocycles. The molecular formula is C15H21ClN2O. The number of nitrogens with zero attached hydrogens (tertiary/aromatic N) is 1. The van der Waals surface area contributed by atoms with Gasteiger partial charge in [-0.2, -0.15) is 0 Å². The van der Waals surface area contributed by atoms with Crippen molar-refractivity contribution >= 4 is 28.9 Å². The Hall–Kier alpha value is -1.22. The van der Waals surface area contributed by atoms with E-state index in [2.05, 4.69) is 29.3 Å².